The highest BCUT2D eigenvalue weighted by atomic mass is 16.5. The highest BCUT2D eigenvalue weighted by Gasteiger charge is 2.35. The number of nitrogens with zero attached hydrogens (tertiary/aromatic N) is 3. The van der Waals surface area contributed by atoms with Crippen LogP contribution >= 0.6 is 0 Å². The van der Waals surface area contributed by atoms with E-state index in [1.54, 1.807) is 0 Å². The first kappa shape index (κ1) is 18.9. The van der Waals surface area contributed by atoms with Gasteiger partial charge in [-0.25, -0.2) is 9.98 Å². The van der Waals surface area contributed by atoms with Crippen LogP contribution in [-0.2, 0) is 9.53 Å². The van der Waals surface area contributed by atoms with Crippen molar-refractivity contribution in [2.45, 2.75) is 52.9 Å². The lowest BCUT2D eigenvalue weighted by Crippen LogP contribution is -2.38. The van der Waals surface area contributed by atoms with E-state index < -0.39 is 0 Å². The lowest BCUT2D eigenvalue weighted by Gasteiger charge is -2.38. The maximum Gasteiger partial charge on any atom is 0.223 e. The Hall–Kier alpha value is -1.19. The molecule has 0 spiro atoms. The summed E-state index contributed by atoms with van der Waals surface area (Å²) >= 11 is 0. The quantitative estimate of drug-likeness (QED) is 0.485. The Balaban J connectivity index is 2.57. The first-order valence-electron chi connectivity index (χ1n) is 8.61. The number of hydrogen-bond acceptors (Lipinski definition) is 4. The standard InChI is InChI=1S/C17H31N3O2/c1-4-18-15-19-11-7-8-17(9-12-22-13-10-17)14-16(21)20(5-2)6-3/h4-14H2,1-3H3. The molecule has 126 valence electrons. The van der Waals surface area contributed by atoms with Gasteiger partial charge in [-0.3, -0.25) is 4.79 Å². The average Bonchev–Trinajstić information content (AvgIpc) is 2.53. The van der Waals surface area contributed by atoms with Crippen molar-refractivity contribution in [2.24, 2.45) is 15.4 Å². The molecule has 22 heavy (non-hydrogen) atoms. The van der Waals surface area contributed by atoms with Crippen molar-refractivity contribution in [1.82, 2.24) is 4.90 Å². The second-order valence-corrected chi connectivity index (χ2v) is 5.91. The maximum absolute atomic E-state index is 12.5. The third kappa shape index (κ3) is 6.29. The molecule has 0 saturated carbocycles. The molecule has 1 fully saturated rings. The number of carbonyl (C=O) groups excluding carboxylic acids is 1. The van der Waals surface area contributed by atoms with E-state index in [1.807, 2.05) is 25.7 Å². The minimum atomic E-state index is 0.0926. The second-order valence-electron chi connectivity index (χ2n) is 5.91. The monoisotopic (exact) mass is 309 g/mol. The molecule has 1 heterocycles. The van der Waals surface area contributed by atoms with Crippen LogP contribution in [0.4, 0.5) is 0 Å². The molecule has 0 aromatic rings. The topological polar surface area (TPSA) is 54.3 Å². The van der Waals surface area contributed by atoms with Gasteiger partial charge >= 0.3 is 0 Å². The van der Waals surface area contributed by atoms with E-state index in [-0.39, 0.29) is 11.3 Å². The highest BCUT2D eigenvalue weighted by Crippen LogP contribution is 2.39. The molecule has 1 rings (SSSR count). The van der Waals surface area contributed by atoms with Gasteiger partial charge in [-0.2, -0.15) is 0 Å². The van der Waals surface area contributed by atoms with Crippen LogP contribution in [0.2, 0.25) is 0 Å². The van der Waals surface area contributed by atoms with Gasteiger partial charge in [0.05, 0.1) is 6.01 Å². The summed E-state index contributed by atoms with van der Waals surface area (Å²) in [6, 6.07) is 2.71. The Morgan fingerprint density at radius 1 is 1.18 bits per heavy atom. The SMILES string of the molecule is CCN=C=NCCCC1(CC(=O)N(CC)CC)CCOCC1. The van der Waals surface area contributed by atoms with Crippen molar-refractivity contribution in [3.05, 3.63) is 0 Å². The number of ether oxygens (including phenoxy) is 1. The largest absolute Gasteiger partial charge is 0.381 e. The molecule has 0 unspecified atom stereocenters. The molecule has 0 N–H and O–H groups in total. The van der Waals surface area contributed by atoms with Crippen molar-refractivity contribution < 1.29 is 9.53 Å². The van der Waals surface area contributed by atoms with Crippen molar-refractivity contribution in [3.8, 4) is 0 Å². The minimum Gasteiger partial charge on any atom is -0.381 e. The Kier molecular flexibility index (Phi) is 9.02. The van der Waals surface area contributed by atoms with E-state index in [1.165, 1.54) is 0 Å². The third-order valence-corrected chi connectivity index (χ3v) is 4.47. The molecule has 1 aliphatic heterocycles. The molecule has 0 bridgehead atoms. The van der Waals surface area contributed by atoms with Crippen LogP contribution in [0.25, 0.3) is 0 Å². The average molecular weight is 309 g/mol. The second kappa shape index (κ2) is 10.5. The Morgan fingerprint density at radius 2 is 1.86 bits per heavy atom. The number of carbonyl (C=O) groups is 1. The van der Waals surface area contributed by atoms with Crippen molar-refractivity contribution in [1.29, 1.82) is 0 Å². The zero-order chi connectivity index (χ0) is 16.3. The molecule has 5 nitrogen and oxygen atoms in total. The van der Waals surface area contributed by atoms with Crippen molar-refractivity contribution >= 4 is 11.9 Å². The third-order valence-electron chi connectivity index (χ3n) is 4.47. The maximum atomic E-state index is 12.5. The summed E-state index contributed by atoms with van der Waals surface area (Å²) in [6.45, 7) is 10.6. The molecule has 0 aromatic heterocycles. The predicted molar refractivity (Wildman–Crippen MR) is 89.5 cm³/mol. The summed E-state index contributed by atoms with van der Waals surface area (Å²) in [4.78, 5) is 22.6. The molecule has 1 saturated heterocycles. The van der Waals surface area contributed by atoms with Gasteiger partial charge in [0.2, 0.25) is 5.91 Å². The summed E-state index contributed by atoms with van der Waals surface area (Å²) in [6.07, 6.45) is 4.61. The van der Waals surface area contributed by atoms with E-state index in [2.05, 4.69) is 16.0 Å². The fraction of sp³-hybridized carbons (Fsp3) is 0.882. The molecule has 5 heteroatoms. The Morgan fingerprint density at radius 3 is 2.45 bits per heavy atom. The number of aliphatic imine (C=N–C) groups is 2. The van der Waals surface area contributed by atoms with Crippen LogP contribution in [0.3, 0.4) is 0 Å². The van der Waals surface area contributed by atoms with Gasteiger partial charge in [-0.15, -0.1) is 0 Å². The van der Waals surface area contributed by atoms with Crippen LogP contribution in [0.5, 0.6) is 0 Å². The number of amides is 1. The molecular weight excluding hydrogens is 278 g/mol. The summed E-state index contributed by atoms with van der Waals surface area (Å²) < 4.78 is 5.50. The fourth-order valence-electron chi connectivity index (χ4n) is 3.03. The van der Waals surface area contributed by atoms with Gasteiger partial charge in [0.1, 0.15) is 0 Å². The summed E-state index contributed by atoms with van der Waals surface area (Å²) in [5, 5.41) is 0. The fourth-order valence-corrected chi connectivity index (χ4v) is 3.03. The molecule has 0 aliphatic carbocycles. The van der Waals surface area contributed by atoms with E-state index in [4.69, 9.17) is 4.74 Å². The van der Waals surface area contributed by atoms with E-state index in [9.17, 15) is 4.79 Å². The van der Waals surface area contributed by atoms with Gasteiger partial charge in [-0.1, -0.05) is 0 Å². The van der Waals surface area contributed by atoms with Crippen LogP contribution in [-0.4, -0.2) is 56.2 Å². The Bertz CT molecular complexity index is 379. The Labute approximate surface area is 134 Å². The normalized spacial score (nSPS) is 16.7. The molecule has 1 aliphatic rings. The van der Waals surface area contributed by atoms with Crippen LogP contribution in [0.1, 0.15) is 52.9 Å². The first-order chi connectivity index (χ1) is 10.7. The lowest BCUT2D eigenvalue weighted by molar-refractivity contribution is -0.135. The van der Waals surface area contributed by atoms with Gasteiger partial charge in [0, 0.05) is 45.8 Å². The summed E-state index contributed by atoms with van der Waals surface area (Å²) in [5.74, 6) is 0.281. The summed E-state index contributed by atoms with van der Waals surface area (Å²) in [5.41, 5.74) is 0.0926. The first-order valence-corrected chi connectivity index (χ1v) is 8.61. The molecular formula is C17H31N3O2. The number of rotatable bonds is 9. The molecule has 0 atom stereocenters. The molecule has 0 aromatic carbocycles. The molecule has 0 radical (unpaired) electrons. The molecule has 1 amide bonds. The van der Waals surface area contributed by atoms with Gasteiger partial charge in [0.25, 0.3) is 0 Å². The van der Waals surface area contributed by atoms with E-state index >= 15 is 0 Å². The van der Waals surface area contributed by atoms with Crippen molar-refractivity contribution in [3.63, 3.8) is 0 Å². The zero-order valence-corrected chi connectivity index (χ0v) is 14.4. The van der Waals surface area contributed by atoms with E-state index in [0.717, 1.165) is 65.1 Å². The van der Waals surface area contributed by atoms with Gasteiger partial charge in [-0.05, 0) is 51.9 Å². The number of hydrogen-bond donors (Lipinski definition) is 0. The van der Waals surface area contributed by atoms with E-state index in [0.29, 0.717) is 6.42 Å². The lowest BCUT2D eigenvalue weighted by atomic mass is 9.73. The smallest absolute Gasteiger partial charge is 0.223 e. The van der Waals surface area contributed by atoms with Gasteiger partial charge in [0.15, 0.2) is 0 Å². The highest BCUT2D eigenvalue weighted by molar-refractivity contribution is 5.76. The van der Waals surface area contributed by atoms with Crippen LogP contribution < -0.4 is 0 Å². The summed E-state index contributed by atoms with van der Waals surface area (Å²) in [7, 11) is 0. The van der Waals surface area contributed by atoms with Crippen LogP contribution in [0, 0.1) is 5.41 Å². The van der Waals surface area contributed by atoms with Crippen molar-refractivity contribution in [2.75, 3.05) is 39.4 Å². The minimum absolute atomic E-state index is 0.0926. The zero-order valence-electron chi connectivity index (χ0n) is 14.4. The predicted octanol–water partition coefficient (Wildman–Crippen LogP) is 3.02. The van der Waals surface area contributed by atoms with Crippen LogP contribution in [0.15, 0.2) is 9.98 Å². The van der Waals surface area contributed by atoms with Gasteiger partial charge < -0.3 is 9.64 Å².